The standard InChI is InChI=1S/C13H24O4/c1-4-10-6-9(11(5-2)17-10)7-13(3,16)8-12(14)15/h9-11,16H,4-8H2,1-3H3,(H,14,15). The molecule has 17 heavy (non-hydrogen) atoms. The summed E-state index contributed by atoms with van der Waals surface area (Å²) < 4.78 is 5.86. The minimum absolute atomic E-state index is 0.167. The van der Waals surface area contributed by atoms with Crippen molar-refractivity contribution in [2.24, 2.45) is 5.92 Å². The molecule has 1 heterocycles. The second-order valence-corrected chi connectivity index (χ2v) is 5.38. The van der Waals surface area contributed by atoms with Crippen molar-refractivity contribution in [3.8, 4) is 0 Å². The average molecular weight is 244 g/mol. The molecule has 1 fully saturated rings. The molecular formula is C13H24O4. The van der Waals surface area contributed by atoms with E-state index in [2.05, 4.69) is 13.8 Å². The quantitative estimate of drug-likeness (QED) is 0.751. The molecule has 0 amide bonds. The maximum absolute atomic E-state index is 10.7. The molecule has 0 aliphatic carbocycles. The van der Waals surface area contributed by atoms with Crippen LogP contribution in [-0.2, 0) is 9.53 Å². The second kappa shape index (κ2) is 5.83. The van der Waals surface area contributed by atoms with Crippen LogP contribution in [-0.4, -0.2) is 34.0 Å². The lowest BCUT2D eigenvalue weighted by Crippen LogP contribution is -2.33. The normalized spacial score (nSPS) is 32.4. The minimum atomic E-state index is -1.13. The number of carboxylic acids is 1. The predicted octanol–water partition coefficient (Wildman–Crippen LogP) is 2.20. The van der Waals surface area contributed by atoms with Gasteiger partial charge in [-0.25, -0.2) is 0 Å². The summed E-state index contributed by atoms with van der Waals surface area (Å²) in [6.07, 6.45) is 3.58. The summed E-state index contributed by atoms with van der Waals surface area (Å²) in [6.45, 7) is 5.77. The van der Waals surface area contributed by atoms with Crippen molar-refractivity contribution in [3.05, 3.63) is 0 Å². The van der Waals surface area contributed by atoms with Crippen molar-refractivity contribution in [1.29, 1.82) is 0 Å². The third-order valence-corrected chi connectivity index (χ3v) is 3.55. The Bertz CT molecular complexity index is 262. The van der Waals surface area contributed by atoms with Crippen LogP contribution < -0.4 is 0 Å². The first-order chi connectivity index (χ1) is 7.88. The SMILES string of the molecule is CCC1CC(CC(C)(O)CC(=O)O)C(CC)O1. The second-order valence-electron chi connectivity index (χ2n) is 5.38. The monoisotopic (exact) mass is 244 g/mol. The largest absolute Gasteiger partial charge is 0.481 e. The highest BCUT2D eigenvalue weighted by Gasteiger charge is 2.38. The number of hydrogen-bond donors (Lipinski definition) is 2. The summed E-state index contributed by atoms with van der Waals surface area (Å²) in [6, 6.07) is 0. The zero-order chi connectivity index (χ0) is 13.1. The number of carbonyl (C=O) groups is 1. The van der Waals surface area contributed by atoms with Crippen LogP contribution in [0.25, 0.3) is 0 Å². The molecule has 1 aliphatic rings. The molecule has 0 spiro atoms. The van der Waals surface area contributed by atoms with E-state index in [0.29, 0.717) is 6.42 Å². The zero-order valence-electron chi connectivity index (χ0n) is 11.0. The van der Waals surface area contributed by atoms with E-state index in [1.54, 1.807) is 6.92 Å². The molecule has 4 heteroatoms. The van der Waals surface area contributed by atoms with Gasteiger partial charge in [-0.15, -0.1) is 0 Å². The van der Waals surface area contributed by atoms with Crippen LogP contribution in [0.3, 0.4) is 0 Å². The van der Waals surface area contributed by atoms with Crippen LogP contribution in [0.15, 0.2) is 0 Å². The topological polar surface area (TPSA) is 66.8 Å². The lowest BCUT2D eigenvalue weighted by atomic mass is 9.84. The van der Waals surface area contributed by atoms with E-state index in [4.69, 9.17) is 9.84 Å². The fraction of sp³-hybridized carbons (Fsp3) is 0.923. The molecular weight excluding hydrogens is 220 g/mol. The average Bonchev–Trinajstić information content (AvgIpc) is 2.57. The Kier molecular flexibility index (Phi) is 4.95. The highest BCUT2D eigenvalue weighted by atomic mass is 16.5. The van der Waals surface area contributed by atoms with Gasteiger partial charge in [0.1, 0.15) is 0 Å². The molecule has 0 bridgehead atoms. The van der Waals surface area contributed by atoms with Crippen LogP contribution in [0.1, 0.15) is 52.9 Å². The van der Waals surface area contributed by atoms with Gasteiger partial charge in [0.25, 0.3) is 0 Å². The minimum Gasteiger partial charge on any atom is -0.481 e. The van der Waals surface area contributed by atoms with Crippen molar-refractivity contribution in [1.82, 2.24) is 0 Å². The molecule has 1 aliphatic heterocycles. The van der Waals surface area contributed by atoms with Gasteiger partial charge in [-0.3, -0.25) is 4.79 Å². The number of aliphatic hydroxyl groups is 1. The summed E-state index contributed by atoms with van der Waals surface area (Å²) >= 11 is 0. The Morgan fingerprint density at radius 3 is 2.53 bits per heavy atom. The van der Waals surface area contributed by atoms with E-state index in [1.165, 1.54) is 0 Å². The number of aliphatic carboxylic acids is 1. The Hall–Kier alpha value is -0.610. The molecule has 4 atom stereocenters. The number of hydrogen-bond acceptors (Lipinski definition) is 3. The zero-order valence-corrected chi connectivity index (χ0v) is 11.0. The van der Waals surface area contributed by atoms with Gasteiger partial charge in [0.2, 0.25) is 0 Å². The van der Waals surface area contributed by atoms with Gasteiger partial charge >= 0.3 is 5.97 Å². The lowest BCUT2D eigenvalue weighted by molar-refractivity contribution is -0.142. The fourth-order valence-corrected chi connectivity index (χ4v) is 2.77. The highest BCUT2D eigenvalue weighted by Crippen LogP contribution is 2.36. The van der Waals surface area contributed by atoms with Crippen LogP contribution in [0.5, 0.6) is 0 Å². The van der Waals surface area contributed by atoms with Gasteiger partial charge in [-0.05, 0) is 38.5 Å². The summed E-state index contributed by atoms with van der Waals surface area (Å²) in [7, 11) is 0. The van der Waals surface area contributed by atoms with Gasteiger partial charge in [0.15, 0.2) is 0 Å². The highest BCUT2D eigenvalue weighted by molar-refractivity contribution is 5.68. The Morgan fingerprint density at radius 1 is 1.41 bits per heavy atom. The van der Waals surface area contributed by atoms with Gasteiger partial charge in [0, 0.05) is 0 Å². The Morgan fingerprint density at radius 2 is 2.06 bits per heavy atom. The third kappa shape index (κ3) is 4.28. The maximum atomic E-state index is 10.7. The van der Waals surface area contributed by atoms with Crippen molar-refractivity contribution < 1.29 is 19.7 Å². The molecule has 4 nitrogen and oxygen atoms in total. The molecule has 0 aromatic rings. The molecule has 100 valence electrons. The van der Waals surface area contributed by atoms with Crippen LogP contribution in [0.2, 0.25) is 0 Å². The maximum Gasteiger partial charge on any atom is 0.306 e. The van der Waals surface area contributed by atoms with Gasteiger partial charge in [-0.2, -0.15) is 0 Å². The number of rotatable bonds is 6. The van der Waals surface area contributed by atoms with Crippen LogP contribution >= 0.6 is 0 Å². The first-order valence-corrected chi connectivity index (χ1v) is 6.47. The van der Waals surface area contributed by atoms with Gasteiger partial charge < -0.3 is 14.9 Å². The van der Waals surface area contributed by atoms with Crippen molar-refractivity contribution in [2.75, 3.05) is 0 Å². The van der Waals surface area contributed by atoms with E-state index < -0.39 is 11.6 Å². The van der Waals surface area contributed by atoms with Crippen molar-refractivity contribution in [3.63, 3.8) is 0 Å². The molecule has 2 N–H and O–H groups in total. The van der Waals surface area contributed by atoms with Crippen molar-refractivity contribution in [2.45, 2.75) is 70.7 Å². The van der Waals surface area contributed by atoms with E-state index in [9.17, 15) is 9.90 Å². The molecule has 0 radical (unpaired) electrons. The molecule has 1 saturated heterocycles. The summed E-state index contributed by atoms with van der Waals surface area (Å²) in [5, 5.41) is 18.8. The summed E-state index contributed by atoms with van der Waals surface area (Å²) in [4.78, 5) is 10.7. The predicted molar refractivity (Wildman–Crippen MR) is 64.8 cm³/mol. The van der Waals surface area contributed by atoms with E-state index in [1.807, 2.05) is 0 Å². The van der Waals surface area contributed by atoms with E-state index in [-0.39, 0.29) is 24.5 Å². The van der Waals surface area contributed by atoms with E-state index >= 15 is 0 Å². The van der Waals surface area contributed by atoms with Crippen molar-refractivity contribution >= 4 is 5.97 Å². The number of ether oxygens (including phenoxy) is 1. The summed E-state index contributed by atoms with van der Waals surface area (Å²) in [5.41, 5.74) is -1.13. The third-order valence-electron chi connectivity index (χ3n) is 3.55. The lowest BCUT2D eigenvalue weighted by Gasteiger charge is -2.27. The Labute approximate surface area is 103 Å². The molecule has 0 aromatic carbocycles. The fourth-order valence-electron chi connectivity index (χ4n) is 2.77. The molecule has 4 unspecified atom stereocenters. The Balaban J connectivity index is 2.57. The molecule has 1 rings (SSSR count). The van der Waals surface area contributed by atoms with Gasteiger partial charge in [-0.1, -0.05) is 13.8 Å². The summed E-state index contributed by atoms with van der Waals surface area (Å²) in [5.74, 6) is -0.673. The van der Waals surface area contributed by atoms with Crippen LogP contribution in [0.4, 0.5) is 0 Å². The smallest absolute Gasteiger partial charge is 0.306 e. The van der Waals surface area contributed by atoms with E-state index in [0.717, 1.165) is 19.3 Å². The molecule has 0 saturated carbocycles. The first-order valence-electron chi connectivity index (χ1n) is 6.47. The van der Waals surface area contributed by atoms with Gasteiger partial charge in [0.05, 0.1) is 24.2 Å². The number of carboxylic acid groups (broad SMARTS) is 1. The first kappa shape index (κ1) is 14.5. The molecule has 0 aromatic heterocycles. The van der Waals surface area contributed by atoms with Crippen LogP contribution in [0, 0.1) is 5.92 Å².